The first-order chi connectivity index (χ1) is 9.41. The van der Waals surface area contributed by atoms with Crippen LogP contribution in [0.4, 0.5) is 5.69 Å². The Kier molecular flexibility index (Phi) is 4.26. The van der Waals surface area contributed by atoms with Gasteiger partial charge >= 0.3 is 0 Å². The Hall–Kier alpha value is -1.64. The van der Waals surface area contributed by atoms with Crippen molar-refractivity contribution >= 4 is 21.6 Å². The quantitative estimate of drug-likeness (QED) is 0.726. The molecule has 7 nitrogen and oxygen atoms in total. The average molecular weight is 299 g/mol. The molecule has 1 atom stereocenters. The van der Waals surface area contributed by atoms with Crippen LogP contribution in [0.25, 0.3) is 0 Å². The average Bonchev–Trinajstić information content (AvgIpc) is 2.91. The molecule has 1 aliphatic rings. The number of benzene rings is 1. The zero-order chi connectivity index (χ0) is 14.8. The zero-order valence-corrected chi connectivity index (χ0v) is 11.9. The molecule has 1 heterocycles. The van der Waals surface area contributed by atoms with E-state index in [1.165, 1.54) is 25.3 Å². The molecule has 8 heteroatoms. The van der Waals surface area contributed by atoms with Crippen LogP contribution in [0.5, 0.6) is 5.75 Å². The van der Waals surface area contributed by atoms with E-state index in [1.807, 2.05) is 0 Å². The van der Waals surface area contributed by atoms with Gasteiger partial charge in [0.15, 0.2) is 0 Å². The lowest BCUT2D eigenvalue weighted by Gasteiger charge is -2.14. The molecule has 0 aromatic heterocycles. The van der Waals surface area contributed by atoms with Crippen molar-refractivity contribution < 1.29 is 17.9 Å². The second kappa shape index (κ2) is 5.78. The molecule has 1 unspecified atom stereocenters. The first-order valence-electron chi connectivity index (χ1n) is 6.17. The van der Waals surface area contributed by atoms with Crippen molar-refractivity contribution in [2.45, 2.75) is 23.8 Å². The molecule has 20 heavy (non-hydrogen) atoms. The number of amides is 1. The van der Waals surface area contributed by atoms with Gasteiger partial charge in [-0.05, 0) is 37.6 Å². The smallest absolute Gasteiger partial charge is 0.241 e. The fourth-order valence-corrected chi connectivity index (χ4v) is 2.63. The summed E-state index contributed by atoms with van der Waals surface area (Å²) in [6, 6.07) is 3.81. The van der Waals surface area contributed by atoms with Gasteiger partial charge in [-0.3, -0.25) is 4.79 Å². The van der Waals surface area contributed by atoms with E-state index in [0.29, 0.717) is 5.75 Å². The zero-order valence-electron chi connectivity index (χ0n) is 11.0. The molecule has 1 amide bonds. The third kappa shape index (κ3) is 3.27. The van der Waals surface area contributed by atoms with Gasteiger partial charge in [0.2, 0.25) is 15.9 Å². The summed E-state index contributed by atoms with van der Waals surface area (Å²) in [5.41, 5.74) is 0.290. The maximum absolute atomic E-state index is 12.0. The maximum atomic E-state index is 12.0. The Labute approximate surface area is 117 Å². The van der Waals surface area contributed by atoms with Gasteiger partial charge in [0.25, 0.3) is 0 Å². The van der Waals surface area contributed by atoms with Gasteiger partial charge in [-0.25, -0.2) is 13.6 Å². The maximum Gasteiger partial charge on any atom is 0.241 e. The Morgan fingerprint density at radius 3 is 2.80 bits per heavy atom. The predicted octanol–water partition coefficient (Wildman–Crippen LogP) is 0.0331. The molecule has 110 valence electrons. The molecule has 1 fully saturated rings. The summed E-state index contributed by atoms with van der Waals surface area (Å²) in [5, 5.41) is 10.8. The molecule has 1 aliphatic heterocycles. The molecular formula is C12H17N3O4S. The van der Waals surface area contributed by atoms with Crippen molar-refractivity contribution in [2.75, 3.05) is 19.0 Å². The fraction of sp³-hybridized carbons (Fsp3) is 0.417. The van der Waals surface area contributed by atoms with Crippen LogP contribution < -0.4 is 20.5 Å². The lowest BCUT2D eigenvalue weighted by molar-refractivity contribution is -0.117. The van der Waals surface area contributed by atoms with Crippen molar-refractivity contribution in [2.24, 2.45) is 5.14 Å². The first-order valence-corrected chi connectivity index (χ1v) is 7.71. The van der Waals surface area contributed by atoms with Gasteiger partial charge in [0, 0.05) is 0 Å². The third-order valence-corrected chi connectivity index (χ3v) is 4.05. The van der Waals surface area contributed by atoms with E-state index >= 15 is 0 Å². The van der Waals surface area contributed by atoms with E-state index < -0.39 is 10.0 Å². The second-order valence-electron chi connectivity index (χ2n) is 4.55. The lowest BCUT2D eigenvalue weighted by atomic mass is 10.2. The molecule has 4 N–H and O–H groups in total. The molecule has 0 radical (unpaired) electrons. The van der Waals surface area contributed by atoms with Crippen LogP contribution in [0.2, 0.25) is 0 Å². The standard InChI is InChI=1S/C12H17N3O4S/c1-19-11-5-4-8(20(13,17)18)7-10(11)15-12(16)9-3-2-6-14-9/h4-5,7,9,14H,2-3,6H2,1H3,(H,15,16)(H2,13,17,18). The van der Waals surface area contributed by atoms with Crippen molar-refractivity contribution in [3.63, 3.8) is 0 Å². The van der Waals surface area contributed by atoms with Crippen molar-refractivity contribution in [1.82, 2.24) is 5.32 Å². The van der Waals surface area contributed by atoms with E-state index in [0.717, 1.165) is 19.4 Å². The Balaban J connectivity index is 2.26. The summed E-state index contributed by atoms with van der Waals surface area (Å²) in [6.07, 6.45) is 1.69. The second-order valence-corrected chi connectivity index (χ2v) is 6.11. The molecule has 0 bridgehead atoms. The Morgan fingerprint density at radius 2 is 2.25 bits per heavy atom. The number of rotatable bonds is 4. The number of sulfonamides is 1. The highest BCUT2D eigenvalue weighted by molar-refractivity contribution is 7.89. The topological polar surface area (TPSA) is 111 Å². The number of carbonyl (C=O) groups excluding carboxylic acids is 1. The van der Waals surface area contributed by atoms with E-state index in [4.69, 9.17) is 9.88 Å². The van der Waals surface area contributed by atoms with E-state index in [9.17, 15) is 13.2 Å². The molecule has 2 rings (SSSR count). The highest BCUT2D eigenvalue weighted by Crippen LogP contribution is 2.27. The number of carbonyl (C=O) groups is 1. The van der Waals surface area contributed by atoms with Crippen LogP contribution in [0.1, 0.15) is 12.8 Å². The van der Waals surface area contributed by atoms with Gasteiger partial charge in [-0.15, -0.1) is 0 Å². The summed E-state index contributed by atoms with van der Waals surface area (Å²) in [7, 11) is -2.39. The molecule has 0 saturated carbocycles. The normalized spacial score (nSPS) is 18.8. The lowest BCUT2D eigenvalue weighted by Crippen LogP contribution is -2.35. The van der Waals surface area contributed by atoms with Crippen LogP contribution in [0, 0.1) is 0 Å². The van der Waals surface area contributed by atoms with Gasteiger partial charge in [-0.1, -0.05) is 0 Å². The third-order valence-electron chi connectivity index (χ3n) is 3.13. The molecular weight excluding hydrogens is 282 g/mol. The minimum absolute atomic E-state index is 0.0759. The summed E-state index contributed by atoms with van der Waals surface area (Å²) >= 11 is 0. The molecule has 0 aliphatic carbocycles. The first kappa shape index (κ1) is 14.8. The van der Waals surface area contributed by atoms with Gasteiger partial charge in [0.1, 0.15) is 5.75 Å². The summed E-state index contributed by atoms with van der Waals surface area (Å²) in [4.78, 5) is 12.0. The van der Waals surface area contributed by atoms with Gasteiger partial charge in [0.05, 0.1) is 23.7 Å². The van der Waals surface area contributed by atoms with E-state index in [1.54, 1.807) is 0 Å². The van der Waals surface area contributed by atoms with Gasteiger partial charge in [-0.2, -0.15) is 0 Å². The number of hydrogen-bond donors (Lipinski definition) is 3. The molecule has 0 spiro atoms. The van der Waals surface area contributed by atoms with Crippen LogP contribution in [-0.4, -0.2) is 34.0 Å². The minimum atomic E-state index is -3.83. The number of nitrogens with one attached hydrogen (secondary N) is 2. The summed E-state index contributed by atoms with van der Waals surface area (Å²) in [5.74, 6) is 0.163. The highest BCUT2D eigenvalue weighted by atomic mass is 32.2. The number of nitrogens with two attached hydrogens (primary N) is 1. The van der Waals surface area contributed by atoms with Gasteiger partial charge < -0.3 is 15.4 Å². The van der Waals surface area contributed by atoms with Crippen LogP contribution in [0.3, 0.4) is 0 Å². The number of primary sulfonamides is 1. The predicted molar refractivity (Wildman–Crippen MR) is 74.0 cm³/mol. The van der Waals surface area contributed by atoms with Crippen LogP contribution >= 0.6 is 0 Å². The van der Waals surface area contributed by atoms with Crippen molar-refractivity contribution in [1.29, 1.82) is 0 Å². The highest BCUT2D eigenvalue weighted by Gasteiger charge is 2.23. The summed E-state index contributed by atoms with van der Waals surface area (Å²) < 4.78 is 27.8. The molecule has 1 aromatic rings. The molecule has 1 saturated heterocycles. The SMILES string of the molecule is COc1ccc(S(N)(=O)=O)cc1NC(=O)C1CCCN1. The molecule has 1 aromatic carbocycles. The Morgan fingerprint density at radius 1 is 1.50 bits per heavy atom. The fourth-order valence-electron chi connectivity index (χ4n) is 2.09. The van der Waals surface area contributed by atoms with Crippen LogP contribution in [-0.2, 0) is 14.8 Å². The van der Waals surface area contributed by atoms with Crippen LogP contribution in [0.15, 0.2) is 23.1 Å². The monoisotopic (exact) mass is 299 g/mol. The number of hydrogen-bond acceptors (Lipinski definition) is 5. The van der Waals surface area contributed by atoms with E-state index in [-0.39, 0.29) is 22.5 Å². The van der Waals surface area contributed by atoms with Crippen molar-refractivity contribution in [3.8, 4) is 5.75 Å². The van der Waals surface area contributed by atoms with E-state index in [2.05, 4.69) is 10.6 Å². The largest absolute Gasteiger partial charge is 0.495 e. The number of methoxy groups -OCH3 is 1. The van der Waals surface area contributed by atoms with Crippen molar-refractivity contribution in [3.05, 3.63) is 18.2 Å². The number of ether oxygens (including phenoxy) is 1. The minimum Gasteiger partial charge on any atom is -0.495 e. The Bertz CT molecular complexity index is 609. The number of anilines is 1. The summed E-state index contributed by atoms with van der Waals surface area (Å²) in [6.45, 7) is 0.798.